The molecule has 0 aromatic carbocycles. The van der Waals surface area contributed by atoms with Crippen LogP contribution in [0, 0.1) is 6.92 Å². The number of thiazole rings is 1. The minimum atomic E-state index is 0. The van der Waals surface area contributed by atoms with Crippen molar-refractivity contribution in [2.45, 2.75) is 60.2 Å². The number of hydrogen-bond donors (Lipinski definition) is 2. The van der Waals surface area contributed by atoms with Gasteiger partial charge in [0.1, 0.15) is 0 Å². The van der Waals surface area contributed by atoms with E-state index in [0.29, 0.717) is 18.6 Å². The van der Waals surface area contributed by atoms with Crippen LogP contribution in [0.15, 0.2) is 11.2 Å². The maximum Gasteiger partial charge on any atom is 0.191 e. The van der Waals surface area contributed by atoms with Gasteiger partial charge in [-0.15, -0.1) is 35.3 Å². The van der Waals surface area contributed by atoms with Crippen molar-refractivity contribution in [2.75, 3.05) is 19.6 Å². The maximum atomic E-state index is 4.63. The third-order valence-electron chi connectivity index (χ3n) is 3.40. The first-order valence-corrected chi connectivity index (χ1v) is 8.94. The first-order valence-electron chi connectivity index (χ1n) is 8.13. The molecule has 1 rings (SSSR count). The van der Waals surface area contributed by atoms with Crippen LogP contribution in [-0.2, 0) is 6.54 Å². The third-order valence-corrected chi connectivity index (χ3v) is 4.29. The molecule has 7 heteroatoms. The number of aromatic nitrogens is 1. The number of aryl methyl sites for hydroxylation is 1. The molecule has 0 aliphatic heterocycles. The molecule has 0 spiro atoms. The summed E-state index contributed by atoms with van der Waals surface area (Å²) in [5.41, 5.74) is 0. The fraction of sp³-hybridized carbons (Fsp3) is 0.750. The quantitative estimate of drug-likeness (QED) is 0.361. The van der Waals surface area contributed by atoms with Crippen molar-refractivity contribution in [1.82, 2.24) is 20.5 Å². The predicted octanol–water partition coefficient (Wildman–Crippen LogP) is 3.24. The van der Waals surface area contributed by atoms with Crippen molar-refractivity contribution < 1.29 is 0 Å². The Bertz CT molecular complexity index is 451. The van der Waals surface area contributed by atoms with E-state index in [9.17, 15) is 0 Å². The fourth-order valence-corrected chi connectivity index (χ4v) is 3.11. The first kappa shape index (κ1) is 22.6. The number of nitrogens with one attached hydrogen (secondary N) is 2. The molecule has 1 aromatic heterocycles. The highest BCUT2D eigenvalue weighted by molar-refractivity contribution is 14.0. The Morgan fingerprint density at radius 3 is 2.39 bits per heavy atom. The summed E-state index contributed by atoms with van der Waals surface area (Å²) in [4.78, 5) is 12.6. The van der Waals surface area contributed by atoms with E-state index in [0.717, 1.165) is 30.6 Å². The Morgan fingerprint density at radius 2 is 1.91 bits per heavy atom. The second kappa shape index (κ2) is 12.0. The van der Waals surface area contributed by atoms with Gasteiger partial charge in [-0.3, -0.25) is 4.90 Å². The lowest BCUT2D eigenvalue weighted by Crippen LogP contribution is -2.45. The Morgan fingerprint density at radius 1 is 1.26 bits per heavy atom. The van der Waals surface area contributed by atoms with Crippen LogP contribution in [-0.4, -0.2) is 47.6 Å². The molecular weight excluding hydrogens is 421 g/mol. The van der Waals surface area contributed by atoms with Gasteiger partial charge in [0.15, 0.2) is 5.96 Å². The molecule has 1 aromatic rings. The van der Waals surface area contributed by atoms with Crippen molar-refractivity contribution in [1.29, 1.82) is 0 Å². The zero-order chi connectivity index (χ0) is 16.5. The van der Waals surface area contributed by atoms with Gasteiger partial charge in [-0.1, -0.05) is 0 Å². The normalized spacial score (nSPS) is 12.0. The average Bonchev–Trinajstić information content (AvgIpc) is 2.85. The van der Waals surface area contributed by atoms with Crippen LogP contribution in [0.5, 0.6) is 0 Å². The summed E-state index contributed by atoms with van der Waals surface area (Å²) < 4.78 is 0. The average molecular weight is 453 g/mol. The summed E-state index contributed by atoms with van der Waals surface area (Å²) in [7, 11) is 0. The highest BCUT2D eigenvalue weighted by atomic mass is 127. The standard InChI is InChI=1S/C16H31N5S.HI/c1-7-17-16(20-11-15-10-19-14(6)22-15)18-8-9-21(12(2)3)13(4)5;/h10,12-13H,7-9,11H2,1-6H3,(H2,17,18,20);1H. The predicted molar refractivity (Wildman–Crippen MR) is 112 cm³/mol. The highest BCUT2D eigenvalue weighted by Crippen LogP contribution is 2.12. The number of aliphatic imine (C=N–C) groups is 1. The van der Waals surface area contributed by atoms with E-state index in [1.807, 2.05) is 13.1 Å². The summed E-state index contributed by atoms with van der Waals surface area (Å²) in [6, 6.07) is 1.11. The second-order valence-corrected chi connectivity index (χ2v) is 7.21. The van der Waals surface area contributed by atoms with Crippen LogP contribution in [0.2, 0.25) is 0 Å². The molecular formula is C16H32IN5S. The van der Waals surface area contributed by atoms with Crippen LogP contribution in [0.3, 0.4) is 0 Å². The SMILES string of the molecule is CCNC(=NCc1cnc(C)s1)NCCN(C(C)C)C(C)C.I. The Balaban J connectivity index is 0.00000484. The molecule has 0 saturated carbocycles. The topological polar surface area (TPSA) is 52.6 Å². The van der Waals surface area contributed by atoms with Crippen molar-refractivity contribution >= 4 is 41.3 Å². The van der Waals surface area contributed by atoms with Crippen molar-refractivity contribution in [3.05, 3.63) is 16.1 Å². The van der Waals surface area contributed by atoms with E-state index in [1.165, 1.54) is 4.88 Å². The van der Waals surface area contributed by atoms with Gasteiger partial charge in [-0.25, -0.2) is 9.98 Å². The lowest BCUT2D eigenvalue weighted by molar-refractivity contribution is 0.178. The molecule has 134 valence electrons. The fourth-order valence-electron chi connectivity index (χ4n) is 2.39. The molecule has 5 nitrogen and oxygen atoms in total. The van der Waals surface area contributed by atoms with Gasteiger partial charge in [-0.2, -0.15) is 0 Å². The maximum absolute atomic E-state index is 4.63. The smallest absolute Gasteiger partial charge is 0.191 e. The number of hydrogen-bond acceptors (Lipinski definition) is 4. The van der Waals surface area contributed by atoms with E-state index in [4.69, 9.17) is 0 Å². The van der Waals surface area contributed by atoms with E-state index >= 15 is 0 Å². The van der Waals surface area contributed by atoms with E-state index in [2.05, 4.69) is 60.1 Å². The van der Waals surface area contributed by atoms with Crippen LogP contribution >= 0.6 is 35.3 Å². The Labute approximate surface area is 162 Å². The van der Waals surface area contributed by atoms with Crippen molar-refractivity contribution in [2.24, 2.45) is 4.99 Å². The summed E-state index contributed by atoms with van der Waals surface area (Å²) >= 11 is 1.70. The zero-order valence-corrected chi connectivity index (χ0v) is 18.4. The summed E-state index contributed by atoms with van der Waals surface area (Å²) in [5, 5.41) is 7.81. The largest absolute Gasteiger partial charge is 0.357 e. The van der Waals surface area contributed by atoms with Gasteiger partial charge in [0.25, 0.3) is 0 Å². The molecule has 0 radical (unpaired) electrons. The molecule has 0 saturated heterocycles. The lowest BCUT2D eigenvalue weighted by atomic mass is 10.2. The third kappa shape index (κ3) is 8.85. The molecule has 23 heavy (non-hydrogen) atoms. The van der Waals surface area contributed by atoms with Gasteiger partial charge in [-0.05, 0) is 41.5 Å². The second-order valence-electron chi connectivity index (χ2n) is 5.89. The monoisotopic (exact) mass is 453 g/mol. The van der Waals surface area contributed by atoms with Crippen LogP contribution in [0.4, 0.5) is 0 Å². The van der Waals surface area contributed by atoms with Gasteiger partial charge in [0, 0.05) is 42.8 Å². The molecule has 0 bridgehead atoms. The lowest BCUT2D eigenvalue weighted by Gasteiger charge is -2.30. The van der Waals surface area contributed by atoms with Gasteiger partial charge in [0.2, 0.25) is 0 Å². The van der Waals surface area contributed by atoms with E-state index in [1.54, 1.807) is 11.3 Å². The summed E-state index contributed by atoms with van der Waals surface area (Å²) in [5.74, 6) is 0.876. The van der Waals surface area contributed by atoms with Gasteiger partial charge >= 0.3 is 0 Å². The van der Waals surface area contributed by atoms with E-state index < -0.39 is 0 Å². The van der Waals surface area contributed by atoms with Crippen LogP contribution in [0.1, 0.15) is 44.5 Å². The molecule has 0 atom stereocenters. The van der Waals surface area contributed by atoms with Gasteiger partial charge in [0.05, 0.1) is 11.6 Å². The Hall–Kier alpha value is -0.410. The molecule has 1 heterocycles. The first-order chi connectivity index (χ1) is 10.4. The van der Waals surface area contributed by atoms with Crippen LogP contribution < -0.4 is 10.6 Å². The highest BCUT2D eigenvalue weighted by Gasteiger charge is 2.12. The molecule has 0 aliphatic carbocycles. The van der Waals surface area contributed by atoms with Gasteiger partial charge < -0.3 is 10.6 Å². The summed E-state index contributed by atoms with van der Waals surface area (Å²) in [6.07, 6.45) is 1.91. The molecule has 0 amide bonds. The summed E-state index contributed by atoms with van der Waals surface area (Å²) in [6.45, 7) is 16.5. The van der Waals surface area contributed by atoms with Crippen molar-refractivity contribution in [3.63, 3.8) is 0 Å². The minimum Gasteiger partial charge on any atom is -0.357 e. The molecule has 0 unspecified atom stereocenters. The number of guanidine groups is 1. The number of rotatable bonds is 8. The van der Waals surface area contributed by atoms with Crippen LogP contribution in [0.25, 0.3) is 0 Å². The minimum absolute atomic E-state index is 0. The van der Waals surface area contributed by atoms with E-state index in [-0.39, 0.29) is 24.0 Å². The van der Waals surface area contributed by atoms with Crippen molar-refractivity contribution in [3.8, 4) is 0 Å². The number of nitrogens with zero attached hydrogens (tertiary/aromatic N) is 3. The zero-order valence-electron chi connectivity index (χ0n) is 15.2. The molecule has 2 N–H and O–H groups in total. The molecule has 0 aliphatic rings. The Kier molecular flexibility index (Phi) is 11.8. The number of halogens is 1. The molecule has 0 fully saturated rings.